The van der Waals surface area contributed by atoms with E-state index in [2.05, 4.69) is 13.8 Å². The summed E-state index contributed by atoms with van der Waals surface area (Å²) in [6.07, 6.45) is 0.790. The number of carbonyl (C=O) groups excluding carboxylic acids is 1. The van der Waals surface area contributed by atoms with Gasteiger partial charge in [-0.25, -0.2) is 0 Å². The molecule has 1 aliphatic heterocycles. The zero-order valence-corrected chi connectivity index (χ0v) is 20.1. The number of thioether (sulfide) groups is 2. The molecule has 160 valence electrons. The van der Waals surface area contributed by atoms with Gasteiger partial charge in [-0.15, -0.1) is 23.5 Å². The van der Waals surface area contributed by atoms with Crippen LogP contribution in [-0.4, -0.2) is 37.9 Å². The van der Waals surface area contributed by atoms with E-state index < -0.39 is 4.92 Å². The molecule has 0 N–H and O–H groups in total. The van der Waals surface area contributed by atoms with Crippen molar-refractivity contribution in [2.45, 2.75) is 72.4 Å². The molecule has 0 aromatic heterocycles. The third-order valence-electron chi connectivity index (χ3n) is 5.85. The molecule has 1 aromatic carbocycles. The van der Waals surface area contributed by atoms with Crippen LogP contribution in [0, 0.1) is 37.8 Å². The number of benzene rings is 1. The summed E-state index contributed by atoms with van der Waals surface area (Å²) in [7, 11) is 0. The summed E-state index contributed by atoms with van der Waals surface area (Å²) in [5, 5.41) is 12.0. The Balaban J connectivity index is 2.68. The van der Waals surface area contributed by atoms with Gasteiger partial charge < -0.3 is 4.90 Å². The molecule has 1 aliphatic rings. The molecule has 1 amide bonds. The standard InChI is InChI=1S/C22H32N2O3S2/c1-9-28-22(29-10-2)18-11-12(3)17(8)23(18)21(25)19-15(6)13(4)14(5)16(7)20(19)24(26)27/h18,22H,9-11H2,1-8H3/t18-/m0/s1/i5D. The van der Waals surface area contributed by atoms with Crippen molar-refractivity contribution in [2.75, 3.05) is 11.5 Å². The maximum Gasteiger partial charge on any atom is 0.285 e. The predicted molar refractivity (Wildman–Crippen MR) is 125 cm³/mol. The fraction of sp³-hybridized carbons (Fsp3) is 0.591. The number of nitrogens with zero attached hydrogens (tertiary/aromatic N) is 2. The Morgan fingerprint density at radius 1 is 1.14 bits per heavy atom. The van der Waals surface area contributed by atoms with Gasteiger partial charge in [-0.3, -0.25) is 14.9 Å². The highest BCUT2D eigenvalue weighted by molar-refractivity contribution is 8.17. The summed E-state index contributed by atoms with van der Waals surface area (Å²) < 4.78 is 8.03. The van der Waals surface area contributed by atoms with E-state index in [0.717, 1.165) is 34.8 Å². The zero-order valence-electron chi connectivity index (χ0n) is 19.4. The molecule has 0 aliphatic carbocycles. The molecule has 0 saturated heterocycles. The van der Waals surface area contributed by atoms with Gasteiger partial charge in [0, 0.05) is 12.6 Å². The molecule has 1 atom stereocenters. The summed E-state index contributed by atoms with van der Waals surface area (Å²) in [5.74, 6) is 1.60. The van der Waals surface area contributed by atoms with E-state index >= 15 is 0 Å². The first kappa shape index (κ1) is 22.2. The second kappa shape index (κ2) is 9.56. The molecule has 0 unspecified atom stereocenters. The molecular formula is C22H32N2O3S2. The fourth-order valence-electron chi connectivity index (χ4n) is 3.94. The van der Waals surface area contributed by atoms with Crippen LogP contribution in [-0.2, 0) is 0 Å². The molecule has 0 spiro atoms. The summed E-state index contributed by atoms with van der Waals surface area (Å²) in [6.45, 7) is 13.4. The Morgan fingerprint density at radius 3 is 2.21 bits per heavy atom. The highest BCUT2D eigenvalue weighted by Gasteiger charge is 2.41. The van der Waals surface area contributed by atoms with Crippen molar-refractivity contribution < 1.29 is 11.1 Å². The maximum atomic E-state index is 13.9. The second-order valence-electron chi connectivity index (χ2n) is 7.43. The minimum Gasteiger partial charge on any atom is -0.307 e. The maximum absolute atomic E-state index is 13.9. The topological polar surface area (TPSA) is 63.5 Å². The SMILES string of the molecule is [2H]Cc1c(C)c(C)c(C(=O)N2C(C)=C(C)C[C@H]2C(SCC)SCC)c([N+](=O)[O-])c1C. The summed E-state index contributed by atoms with van der Waals surface area (Å²) in [5.41, 5.74) is 4.56. The molecule has 2 rings (SSSR count). The van der Waals surface area contributed by atoms with Crippen LogP contribution in [0.1, 0.15) is 68.1 Å². The van der Waals surface area contributed by atoms with Gasteiger partial charge in [0.25, 0.3) is 11.6 Å². The average molecular weight is 438 g/mol. The first-order valence-electron chi connectivity index (χ1n) is 10.6. The normalized spacial score (nSPS) is 17.3. The van der Waals surface area contributed by atoms with Gasteiger partial charge in [-0.1, -0.05) is 19.4 Å². The highest BCUT2D eigenvalue weighted by Crippen LogP contribution is 2.42. The van der Waals surface area contributed by atoms with Crippen molar-refractivity contribution in [3.05, 3.63) is 49.2 Å². The van der Waals surface area contributed by atoms with E-state index in [-0.39, 0.29) is 34.7 Å². The van der Waals surface area contributed by atoms with E-state index in [4.69, 9.17) is 1.37 Å². The van der Waals surface area contributed by atoms with Gasteiger partial charge >= 0.3 is 0 Å². The Labute approximate surface area is 184 Å². The Bertz CT molecular complexity index is 880. The van der Waals surface area contributed by atoms with E-state index in [1.54, 1.807) is 18.7 Å². The molecule has 0 radical (unpaired) electrons. The van der Waals surface area contributed by atoms with Crippen LogP contribution >= 0.6 is 23.5 Å². The molecule has 1 heterocycles. The molecule has 5 nitrogen and oxygen atoms in total. The molecule has 1 aromatic rings. The lowest BCUT2D eigenvalue weighted by atomic mass is 9.91. The Morgan fingerprint density at radius 2 is 1.72 bits per heavy atom. The Kier molecular flexibility index (Phi) is 7.32. The van der Waals surface area contributed by atoms with Crippen LogP contribution in [0.15, 0.2) is 11.3 Å². The van der Waals surface area contributed by atoms with Crippen molar-refractivity contribution in [1.82, 2.24) is 4.90 Å². The van der Waals surface area contributed by atoms with E-state index in [1.807, 2.05) is 44.3 Å². The minimum absolute atomic E-state index is 0.0251. The minimum atomic E-state index is -0.454. The molecule has 0 fully saturated rings. The van der Waals surface area contributed by atoms with Crippen LogP contribution in [0.3, 0.4) is 0 Å². The number of rotatable bonds is 7. The van der Waals surface area contributed by atoms with Gasteiger partial charge in [0.2, 0.25) is 0 Å². The number of carbonyl (C=O) groups is 1. The lowest BCUT2D eigenvalue weighted by Crippen LogP contribution is -2.41. The predicted octanol–water partition coefficient (Wildman–Crippen LogP) is 6.17. The molecule has 29 heavy (non-hydrogen) atoms. The number of amides is 1. The lowest BCUT2D eigenvalue weighted by Gasteiger charge is -2.33. The monoisotopic (exact) mass is 437 g/mol. The summed E-state index contributed by atoms with van der Waals surface area (Å²) in [6, 6.07) is -0.0251. The van der Waals surface area contributed by atoms with Crippen LogP contribution < -0.4 is 0 Å². The first-order valence-corrected chi connectivity index (χ1v) is 12.0. The van der Waals surface area contributed by atoms with Crippen LogP contribution in [0.4, 0.5) is 5.69 Å². The first-order chi connectivity index (χ1) is 14.1. The third-order valence-corrected chi connectivity index (χ3v) is 8.62. The molecular weight excluding hydrogens is 404 g/mol. The van der Waals surface area contributed by atoms with Crippen LogP contribution in [0.5, 0.6) is 0 Å². The highest BCUT2D eigenvalue weighted by atomic mass is 32.2. The van der Waals surface area contributed by atoms with Gasteiger partial charge in [0.05, 0.1) is 15.5 Å². The van der Waals surface area contributed by atoms with Gasteiger partial charge in [0.15, 0.2) is 0 Å². The molecule has 7 heteroatoms. The van der Waals surface area contributed by atoms with Crippen molar-refractivity contribution in [3.63, 3.8) is 0 Å². The lowest BCUT2D eigenvalue weighted by molar-refractivity contribution is -0.385. The van der Waals surface area contributed by atoms with E-state index in [1.165, 1.54) is 0 Å². The van der Waals surface area contributed by atoms with Crippen molar-refractivity contribution in [2.24, 2.45) is 0 Å². The third kappa shape index (κ3) is 4.36. The second-order valence-corrected chi connectivity index (χ2v) is 10.6. The quantitative estimate of drug-likeness (QED) is 0.290. The number of allylic oxidation sites excluding steroid dienone is 1. The summed E-state index contributed by atoms with van der Waals surface area (Å²) >= 11 is 3.66. The van der Waals surface area contributed by atoms with Crippen molar-refractivity contribution >= 4 is 35.1 Å². The van der Waals surface area contributed by atoms with Gasteiger partial charge in [-0.2, -0.15) is 0 Å². The fourth-order valence-corrected chi connectivity index (χ4v) is 6.68. The smallest absolute Gasteiger partial charge is 0.285 e. The van der Waals surface area contributed by atoms with E-state index in [9.17, 15) is 14.9 Å². The number of nitro benzene ring substituents is 1. The number of hydrogen-bond donors (Lipinski definition) is 0. The van der Waals surface area contributed by atoms with E-state index in [0.29, 0.717) is 16.7 Å². The van der Waals surface area contributed by atoms with Crippen molar-refractivity contribution in [3.8, 4) is 0 Å². The molecule has 0 saturated carbocycles. The van der Waals surface area contributed by atoms with Gasteiger partial charge in [-0.05, 0) is 76.1 Å². The van der Waals surface area contributed by atoms with Crippen molar-refractivity contribution in [1.29, 1.82) is 0 Å². The van der Waals surface area contributed by atoms with Crippen LogP contribution in [0.25, 0.3) is 0 Å². The largest absolute Gasteiger partial charge is 0.307 e. The Hall–Kier alpha value is -1.47. The van der Waals surface area contributed by atoms with Crippen LogP contribution in [0.2, 0.25) is 0 Å². The average Bonchev–Trinajstić information content (AvgIpc) is 2.98. The number of hydrogen-bond acceptors (Lipinski definition) is 5. The summed E-state index contributed by atoms with van der Waals surface area (Å²) in [4.78, 5) is 27.3. The molecule has 0 bridgehead atoms. The van der Waals surface area contributed by atoms with Gasteiger partial charge in [0.1, 0.15) is 5.56 Å². The zero-order chi connectivity index (χ0) is 22.7. The number of nitro groups is 1.